The summed E-state index contributed by atoms with van der Waals surface area (Å²) in [6, 6.07) is 2.75. The van der Waals surface area contributed by atoms with E-state index in [1.54, 1.807) is 0 Å². The molecule has 46 valence electrons. The van der Waals surface area contributed by atoms with Gasteiger partial charge in [0.1, 0.15) is 0 Å². The molecule has 0 spiro atoms. The van der Waals surface area contributed by atoms with Gasteiger partial charge in [-0.3, -0.25) is 0 Å². The summed E-state index contributed by atoms with van der Waals surface area (Å²) in [5.74, 6) is -0.478. The zero-order valence-electron chi connectivity index (χ0n) is 6.64. The summed E-state index contributed by atoms with van der Waals surface area (Å²) < 4.78 is 12.1. The molecule has 1 nitrogen and oxygen atoms in total. The third kappa shape index (κ3) is 2.47. The van der Waals surface area contributed by atoms with Gasteiger partial charge in [0.2, 0.25) is 0 Å². The van der Waals surface area contributed by atoms with Crippen LogP contribution < -0.4 is 0 Å². The zero-order chi connectivity index (χ0) is 5.98. The Bertz CT molecular complexity index is 181. The molecule has 4 heteroatoms. The second-order valence-corrected chi connectivity index (χ2v) is 1.63. The first-order valence-corrected chi connectivity index (χ1v) is 2.44. The molecule has 0 aliphatic carbocycles. The zero-order valence-corrected chi connectivity index (χ0v) is 6.81. The summed E-state index contributed by atoms with van der Waals surface area (Å²) in [6.07, 6.45) is 1.44. The number of halogens is 2. The fourth-order valence-electron chi connectivity index (χ4n) is 0.366. The average molecular weight is 158 g/mol. The van der Waals surface area contributed by atoms with E-state index in [1.807, 2.05) is 0 Å². The smallest absolute Gasteiger partial charge is 1.00 e. The van der Waals surface area contributed by atoms with Crippen molar-refractivity contribution in [3.8, 4) is 0 Å². The van der Waals surface area contributed by atoms with Crippen LogP contribution in [0.15, 0.2) is 18.3 Å². The Morgan fingerprint density at radius 2 is 2.33 bits per heavy atom. The largest absolute Gasteiger partial charge is 2.00 e. The van der Waals surface area contributed by atoms with Gasteiger partial charge in [0, 0.05) is 6.20 Å². The van der Waals surface area contributed by atoms with Crippen molar-refractivity contribution in [1.29, 1.82) is 0 Å². The molecule has 0 atom stereocenters. The Morgan fingerprint density at radius 3 is 2.67 bits per heavy atom. The molecule has 0 amide bonds. The number of rotatable bonds is 0. The Labute approximate surface area is 76.4 Å². The van der Waals surface area contributed by atoms with Crippen LogP contribution in [-0.4, -0.2) is 28.0 Å². The third-order valence-corrected chi connectivity index (χ3v) is 0.992. The molecule has 1 aromatic heterocycles. The van der Waals surface area contributed by atoms with Crippen LogP contribution in [0.1, 0.15) is 2.85 Å². The standard InChI is InChI=1S/C5H3ClFN.Mg.2H/c6-5-4(7)2-1-3-8-5;;;/h1-3H;;;/q;+2;2*-1. The van der Waals surface area contributed by atoms with Gasteiger partial charge in [0.25, 0.3) is 0 Å². The monoisotopic (exact) mass is 157 g/mol. The van der Waals surface area contributed by atoms with E-state index < -0.39 is 5.82 Å². The normalized spacial score (nSPS) is 8.22. The van der Waals surface area contributed by atoms with Gasteiger partial charge < -0.3 is 2.85 Å². The van der Waals surface area contributed by atoms with E-state index in [4.69, 9.17) is 11.6 Å². The molecule has 1 rings (SSSR count). The molecule has 1 heterocycles. The molecule has 0 N–H and O–H groups in total. The number of hydrogen-bond donors (Lipinski definition) is 0. The molecule has 1 aromatic rings. The molecule has 0 aliphatic rings. The molecule has 0 saturated carbocycles. The number of aromatic nitrogens is 1. The van der Waals surface area contributed by atoms with Gasteiger partial charge in [0.15, 0.2) is 11.0 Å². The molecular formula is C5H5ClFMgN. The first kappa shape index (κ1) is 9.14. The molecule has 0 fully saturated rings. The van der Waals surface area contributed by atoms with Crippen LogP contribution in [0.2, 0.25) is 5.15 Å². The van der Waals surface area contributed by atoms with Gasteiger partial charge in [-0.2, -0.15) is 0 Å². The molecule has 0 unspecified atom stereocenters. The van der Waals surface area contributed by atoms with Gasteiger partial charge in [-0.25, -0.2) is 9.37 Å². The Kier molecular flexibility index (Phi) is 4.09. The second kappa shape index (κ2) is 4.03. The van der Waals surface area contributed by atoms with Crippen molar-refractivity contribution in [2.75, 3.05) is 0 Å². The summed E-state index contributed by atoms with van der Waals surface area (Å²) in [6.45, 7) is 0. The van der Waals surface area contributed by atoms with Crippen LogP contribution in [0.3, 0.4) is 0 Å². The van der Waals surface area contributed by atoms with Crippen LogP contribution in [0, 0.1) is 5.82 Å². The third-order valence-electron chi connectivity index (χ3n) is 0.714. The van der Waals surface area contributed by atoms with E-state index in [0.717, 1.165) is 0 Å². The van der Waals surface area contributed by atoms with Gasteiger partial charge in [0.05, 0.1) is 0 Å². The summed E-state index contributed by atoms with van der Waals surface area (Å²) in [4.78, 5) is 3.47. The van der Waals surface area contributed by atoms with Crippen molar-refractivity contribution in [1.82, 2.24) is 4.98 Å². The number of nitrogens with zero attached hydrogens (tertiary/aromatic N) is 1. The minimum atomic E-state index is -0.478. The molecule has 0 aromatic carbocycles. The van der Waals surface area contributed by atoms with Crippen molar-refractivity contribution < 1.29 is 7.24 Å². The Balaban J connectivity index is -0.000000213. The molecular weight excluding hydrogens is 153 g/mol. The van der Waals surface area contributed by atoms with Gasteiger partial charge in [-0.15, -0.1) is 0 Å². The van der Waals surface area contributed by atoms with E-state index in [-0.39, 0.29) is 31.1 Å². The summed E-state index contributed by atoms with van der Waals surface area (Å²) in [5.41, 5.74) is 0. The van der Waals surface area contributed by atoms with E-state index in [2.05, 4.69) is 4.98 Å². The van der Waals surface area contributed by atoms with Gasteiger partial charge >= 0.3 is 23.1 Å². The van der Waals surface area contributed by atoms with Crippen LogP contribution in [0.5, 0.6) is 0 Å². The quantitative estimate of drug-likeness (QED) is 0.413. The van der Waals surface area contributed by atoms with Gasteiger partial charge in [-0.05, 0) is 12.1 Å². The fraction of sp³-hybridized carbons (Fsp3) is 0. The van der Waals surface area contributed by atoms with E-state index in [9.17, 15) is 4.39 Å². The Hall–Kier alpha value is 0.136. The van der Waals surface area contributed by atoms with Crippen molar-refractivity contribution in [2.24, 2.45) is 0 Å². The van der Waals surface area contributed by atoms with Crippen LogP contribution in [0.4, 0.5) is 4.39 Å². The van der Waals surface area contributed by atoms with Crippen LogP contribution in [-0.2, 0) is 0 Å². The van der Waals surface area contributed by atoms with E-state index in [0.29, 0.717) is 0 Å². The van der Waals surface area contributed by atoms with Gasteiger partial charge in [-0.1, -0.05) is 11.6 Å². The van der Waals surface area contributed by atoms with Crippen molar-refractivity contribution in [2.45, 2.75) is 0 Å². The average Bonchev–Trinajstić information content (AvgIpc) is 1.77. The number of pyridine rings is 1. The molecule has 0 bridgehead atoms. The summed E-state index contributed by atoms with van der Waals surface area (Å²) in [7, 11) is 0. The Morgan fingerprint density at radius 1 is 1.67 bits per heavy atom. The molecule has 0 aliphatic heterocycles. The van der Waals surface area contributed by atoms with E-state index >= 15 is 0 Å². The van der Waals surface area contributed by atoms with E-state index in [1.165, 1.54) is 18.3 Å². The van der Waals surface area contributed by atoms with Crippen LogP contribution >= 0.6 is 11.6 Å². The van der Waals surface area contributed by atoms with Crippen molar-refractivity contribution in [3.05, 3.63) is 29.3 Å². The SMILES string of the molecule is Fc1cccnc1Cl.[H-].[H-].[Mg+2]. The fourth-order valence-corrected chi connectivity index (χ4v) is 0.486. The summed E-state index contributed by atoms with van der Waals surface area (Å²) >= 11 is 5.22. The van der Waals surface area contributed by atoms with Crippen LogP contribution in [0.25, 0.3) is 0 Å². The molecule has 9 heavy (non-hydrogen) atoms. The first-order valence-electron chi connectivity index (χ1n) is 2.07. The minimum absolute atomic E-state index is 0. The van der Waals surface area contributed by atoms with Crippen molar-refractivity contribution in [3.63, 3.8) is 0 Å². The molecule has 0 radical (unpaired) electrons. The first-order chi connectivity index (χ1) is 3.80. The minimum Gasteiger partial charge on any atom is -1.00 e. The maximum Gasteiger partial charge on any atom is 2.00 e. The number of hydrogen-bond acceptors (Lipinski definition) is 1. The predicted octanol–water partition coefficient (Wildman–Crippen LogP) is 1.72. The molecule has 0 saturated heterocycles. The summed E-state index contributed by atoms with van der Waals surface area (Å²) in [5, 5.41) is -0.0764. The topological polar surface area (TPSA) is 12.9 Å². The maximum atomic E-state index is 12.1. The maximum absolute atomic E-state index is 12.1. The van der Waals surface area contributed by atoms with Crippen molar-refractivity contribution >= 4 is 34.7 Å². The predicted molar refractivity (Wildman–Crippen MR) is 37.2 cm³/mol. The second-order valence-electron chi connectivity index (χ2n) is 1.28.